The molecule has 0 unspecified atom stereocenters. The van der Waals surface area contributed by atoms with E-state index in [1.54, 1.807) is 12.1 Å². The maximum atomic E-state index is 12.7. The van der Waals surface area contributed by atoms with Crippen LogP contribution in [-0.4, -0.2) is 37.9 Å². The van der Waals surface area contributed by atoms with Crippen molar-refractivity contribution in [2.75, 3.05) is 19.7 Å². The molecule has 0 saturated carbocycles. The van der Waals surface area contributed by atoms with Crippen molar-refractivity contribution in [1.29, 1.82) is 0 Å². The van der Waals surface area contributed by atoms with Crippen molar-refractivity contribution in [2.24, 2.45) is 0 Å². The molecule has 2 N–H and O–H groups in total. The van der Waals surface area contributed by atoms with Gasteiger partial charge in [0.05, 0.1) is 6.54 Å². The molecule has 0 aromatic heterocycles. The van der Waals surface area contributed by atoms with Crippen LogP contribution in [0.5, 0.6) is 11.5 Å². The molecule has 0 aliphatic carbocycles. The van der Waals surface area contributed by atoms with Gasteiger partial charge in [-0.3, -0.25) is 0 Å². The first-order valence-corrected chi connectivity index (χ1v) is 11.6. The van der Waals surface area contributed by atoms with Crippen LogP contribution < -0.4 is 20.1 Å². The molecule has 2 amide bonds. The molecule has 8 nitrogen and oxygen atoms in total. The summed E-state index contributed by atoms with van der Waals surface area (Å²) in [5.41, 5.74) is 1.18. The highest BCUT2D eigenvalue weighted by Crippen LogP contribution is 2.45. The lowest BCUT2D eigenvalue weighted by Crippen LogP contribution is -2.30. The second kappa shape index (κ2) is 11.7. The summed E-state index contributed by atoms with van der Waals surface area (Å²) in [5.74, 6) is -0.0287. The second-order valence-electron chi connectivity index (χ2n) is 7.82. The standard InChI is InChI=1S/C29H25N2O6/c1-3-25(32)35-18-17-31-29(34)37-24-16-14-20-10-6-8-12-22(20)27(24)26-21-11-7-5-9-19(21)13-15-23(26)36-28(33)30-4-2/h3,5-16H,1-2,4,17-18H2,(H,30,33)(H,31,34). The molecule has 37 heavy (non-hydrogen) atoms. The minimum absolute atomic E-state index is 0.0345. The Hall–Kier alpha value is -4.85. The molecule has 4 aromatic carbocycles. The number of hydrogen-bond acceptors (Lipinski definition) is 6. The van der Waals surface area contributed by atoms with Crippen LogP contribution in [-0.2, 0) is 9.53 Å². The van der Waals surface area contributed by atoms with Gasteiger partial charge in [0.2, 0.25) is 0 Å². The third-order valence-corrected chi connectivity index (χ3v) is 5.49. The van der Waals surface area contributed by atoms with Crippen LogP contribution in [0.25, 0.3) is 32.7 Å². The van der Waals surface area contributed by atoms with Gasteiger partial charge in [-0.2, -0.15) is 0 Å². The lowest BCUT2D eigenvalue weighted by atomic mass is 9.92. The smallest absolute Gasteiger partial charge is 0.412 e. The first-order valence-electron chi connectivity index (χ1n) is 11.6. The van der Waals surface area contributed by atoms with Gasteiger partial charge in [0.25, 0.3) is 0 Å². The highest BCUT2D eigenvalue weighted by molar-refractivity contribution is 6.10. The molecule has 0 saturated heterocycles. The van der Waals surface area contributed by atoms with Crippen molar-refractivity contribution < 1.29 is 28.6 Å². The number of esters is 1. The van der Waals surface area contributed by atoms with Gasteiger partial charge in [-0.15, -0.1) is 0 Å². The van der Waals surface area contributed by atoms with Gasteiger partial charge in [0.1, 0.15) is 18.1 Å². The van der Waals surface area contributed by atoms with Crippen LogP contribution in [0.2, 0.25) is 0 Å². The molecule has 0 aliphatic heterocycles. The summed E-state index contributed by atoms with van der Waals surface area (Å²) in [6, 6.07) is 22.4. The molecule has 0 heterocycles. The lowest BCUT2D eigenvalue weighted by molar-refractivity contribution is -0.137. The number of carbonyl (C=O) groups is 3. The molecule has 0 fully saturated rings. The van der Waals surface area contributed by atoms with Crippen LogP contribution in [0, 0.1) is 6.92 Å². The minimum Gasteiger partial charge on any atom is -0.461 e. The Kier molecular flexibility index (Phi) is 8.00. The Morgan fingerprint density at radius 2 is 1.24 bits per heavy atom. The van der Waals surface area contributed by atoms with Crippen LogP contribution in [0.4, 0.5) is 9.59 Å². The number of rotatable bonds is 8. The second-order valence-corrected chi connectivity index (χ2v) is 7.82. The van der Waals surface area contributed by atoms with Gasteiger partial charge < -0.3 is 24.8 Å². The van der Waals surface area contributed by atoms with Gasteiger partial charge in [-0.05, 0) is 40.6 Å². The number of amides is 2. The van der Waals surface area contributed by atoms with E-state index < -0.39 is 18.2 Å². The van der Waals surface area contributed by atoms with E-state index in [0.717, 1.165) is 27.6 Å². The normalized spacial score (nSPS) is 10.5. The summed E-state index contributed by atoms with van der Waals surface area (Å²) in [4.78, 5) is 36.2. The Morgan fingerprint density at radius 1 is 0.730 bits per heavy atom. The van der Waals surface area contributed by atoms with Gasteiger partial charge in [0, 0.05) is 23.7 Å². The lowest BCUT2D eigenvalue weighted by Gasteiger charge is -2.18. The number of carbonyl (C=O) groups excluding carboxylic acids is 3. The Morgan fingerprint density at radius 3 is 1.76 bits per heavy atom. The predicted molar refractivity (Wildman–Crippen MR) is 141 cm³/mol. The number of hydrogen-bond donors (Lipinski definition) is 2. The van der Waals surface area contributed by atoms with Crippen molar-refractivity contribution in [1.82, 2.24) is 10.6 Å². The average Bonchev–Trinajstić information content (AvgIpc) is 2.91. The highest BCUT2D eigenvalue weighted by Gasteiger charge is 2.21. The highest BCUT2D eigenvalue weighted by atomic mass is 16.6. The minimum atomic E-state index is -0.733. The van der Waals surface area contributed by atoms with E-state index >= 15 is 0 Å². The van der Waals surface area contributed by atoms with Crippen molar-refractivity contribution in [3.63, 3.8) is 0 Å². The Labute approximate surface area is 213 Å². The van der Waals surface area contributed by atoms with Crippen molar-refractivity contribution >= 4 is 39.7 Å². The largest absolute Gasteiger partial charge is 0.461 e. The molecular weight excluding hydrogens is 472 g/mol. The van der Waals surface area contributed by atoms with E-state index in [1.165, 1.54) is 0 Å². The van der Waals surface area contributed by atoms with E-state index in [9.17, 15) is 14.4 Å². The fraction of sp³-hybridized carbons (Fsp3) is 0.103. The summed E-state index contributed by atoms with van der Waals surface area (Å²) >= 11 is 0. The van der Waals surface area contributed by atoms with E-state index in [0.29, 0.717) is 16.9 Å². The van der Waals surface area contributed by atoms with Gasteiger partial charge >= 0.3 is 18.2 Å². The molecular formula is C29H25N2O6. The Balaban J connectivity index is 1.80. The maximum Gasteiger partial charge on any atom is 0.412 e. The van der Waals surface area contributed by atoms with E-state index in [2.05, 4.69) is 24.1 Å². The van der Waals surface area contributed by atoms with Crippen LogP contribution in [0.3, 0.4) is 0 Å². The van der Waals surface area contributed by atoms with Crippen molar-refractivity contribution in [3.05, 3.63) is 92.4 Å². The monoisotopic (exact) mass is 497 g/mol. The topological polar surface area (TPSA) is 103 Å². The summed E-state index contributed by atoms with van der Waals surface area (Å²) in [6.07, 6.45) is -0.342. The van der Waals surface area contributed by atoms with E-state index in [1.807, 2.05) is 60.7 Å². The summed E-state index contributed by atoms with van der Waals surface area (Å²) in [5, 5.41) is 8.52. The molecule has 0 aliphatic rings. The number of fused-ring (bicyclic) bond motifs is 2. The van der Waals surface area contributed by atoms with Gasteiger partial charge in [-0.25, -0.2) is 14.4 Å². The fourth-order valence-corrected chi connectivity index (χ4v) is 3.93. The molecule has 4 rings (SSSR count). The zero-order valence-electron chi connectivity index (χ0n) is 20.0. The molecule has 187 valence electrons. The quantitative estimate of drug-likeness (QED) is 0.192. The number of ether oxygens (including phenoxy) is 3. The summed E-state index contributed by atoms with van der Waals surface area (Å²) in [7, 11) is 0. The van der Waals surface area contributed by atoms with Crippen LogP contribution in [0.1, 0.15) is 0 Å². The first kappa shape index (κ1) is 25.2. The molecule has 1 radical (unpaired) electrons. The molecule has 0 bridgehead atoms. The van der Waals surface area contributed by atoms with Crippen molar-refractivity contribution in [3.8, 4) is 22.6 Å². The van der Waals surface area contributed by atoms with Crippen LogP contribution >= 0.6 is 0 Å². The van der Waals surface area contributed by atoms with E-state index in [-0.39, 0.29) is 25.4 Å². The fourth-order valence-electron chi connectivity index (χ4n) is 3.93. The summed E-state index contributed by atoms with van der Waals surface area (Å²) < 4.78 is 16.3. The third-order valence-electron chi connectivity index (χ3n) is 5.49. The van der Waals surface area contributed by atoms with Gasteiger partial charge in [-0.1, -0.05) is 67.2 Å². The molecule has 4 aromatic rings. The maximum absolute atomic E-state index is 12.7. The van der Waals surface area contributed by atoms with Crippen molar-refractivity contribution in [2.45, 2.75) is 0 Å². The average molecular weight is 498 g/mol. The SMILES string of the molecule is [CH2]CNC(=O)Oc1ccc2ccccc2c1-c1c(OC(=O)NCCOC(=O)C=C)ccc2ccccc12. The van der Waals surface area contributed by atoms with E-state index in [4.69, 9.17) is 14.2 Å². The van der Waals surface area contributed by atoms with Crippen LogP contribution in [0.15, 0.2) is 85.5 Å². The zero-order valence-corrected chi connectivity index (χ0v) is 20.0. The zero-order chi connectivity index (χ0) is 26.2. The van der Waals surface area contributed by atoms with Gasteiger partial charge in [0.15, 0.2) is 0 Å². The number of nitrogens with one attached hydrogen (secondary N) is 2. The molecule has 8 heteroatoms. The third kappa shape index (κ3) is 5.87. The predicted octanol–water partition coefficient (Wildman–Crippen LogP) is 5.40. The molecule has 0 spiro atoms. The molecule has 0 atom stereocenters. The number of benzene rings is 4. The Bertz CT molecular complexity index is 1480. The summed E-state index contributed by atoms with van der Waals surface area (Å²) in [6.45, 7) is 7.12. The first-order chi connectivity index (χ1) is 18.0.